The molecular weight excluding hydrogens is 420 g/mol. The van der Waals surface area contributed by atoms with Crippen LogP contribution >= 0.6 is 0 Å². The molecule has 3 atom stereocenters. The van der Waals surface area contributed by atoms with Gasteiger partial charge in [0.25, 0.3) is 0 Å². The SMILES string of the molecule is CC(CC(=O)O)NC(=O)[C@@H]1CCC[C@@H](NC(=O)OCC2c3ccccc3-c3ccccc32)C1. The highest BCUT2D eigenvalue weighted by Gasteiger charge is 2.31. The molecule has 2 aromatic rings. The molecule has 7 heteroatoms. The van der Waals surface area contributed by atoms with E-state index in [-0.39, 0.29) is 36.8 Å². The van der Waals surface area contributed by atoms with E-state index in [0.29, 0.717) is 6.42 Å². The van der Waals surface area contributed by atoms with Crippen LogP contribution < -0.4 is 10.6 Å². The first-order valence-electron chi connectivity index (χ1n) is 11.6. The molecule has 1 unspecified atom stereocenters. The molecule has 174 valence electrons. The van der Waals surface area contributed by atoms with Crippen LogP contribution in [0.1, 0.15) is 56.1 Å². The quantitative estimate of drug-likeness (QED) is 0.590. The van der Waals surface area contributed by atoms with E-state index in [0.717, 1.165) is 30.4 Å². The van der Waals surface area contributed by atoms with E-state index in [1.165, 1.54) is 11.1 Å². The Morgan fingerprint density at radius 2 is 1.67 bits per heavy atom. The first-order valence-corrected chi connectivity index (χ1v) is 11.6. The van der Waals surface area contributed by atoms with Crippen LogP contribution in [0.15, 0.2) is 48.5 Å². The van der Waals surface area contributed by atoms with Gasteiger partial charge in [0, 0.05) is 23.9 Å². The Morgan fingerprint density at radius 3 is 2.30 bits per heavy atom. The second-order valence-corrected chi connectivity index (χ2v) is 9.04. The number of carboxylic acids is 1. The minimum Gasteiger partial charge on any atom is -0.481 e. The predicted octanol–water partition coefficient (Wildman–Crippen LogP) is 4.06. The van der Waals surface area contributed by atoms with Gasteiger partial charge in [-0.1, -0.05) is 55.0 Å². The molecule has 0 aromatic heterocycles. The minimum absolute atomic E-state index is 0.00348. The molecule has 3 N–H and O–H groups in total. The van der Waals surface area contributed by atoms with E-state index in [1.807, 2.05) is 24.3 Å². The fraction of sp³-hybridized carbons (Fsp3) is 0.423. The topological polar surface area (TPSA) is 105 Å². The summed E-state index contributed by atoms with van der Waals surface area (Å²) in [5.41, 5.74) is 4.69. The number of rotatable bonds is 7. The Labute approximate surface area is 193 Å². The number of benzene rings is 2. The van der Waals surface area contributed by atoms with Gasteiger partial charge in [-0.2, -0.15) is 0 Å². The second-order valence-electron chi connectivity index (χ2n) is 9.04. The summed E-state index contributed by atoms with van der Waals surface area (Å²) in [7, 11) is 0. The first-order chi connectivity index (χ1) is 15.9. The first kappa shape index (κ1) is 22.8. The van der Waals surface area contributed by atoms with Crippen molar-refractivity contribution >= 4 is 18.0 Å². The average molecular weight is 451 g/mol. The van der Waals surface area contributed by atoms with Gasteiger partial charge in [0.1, 0.15) is 6.61 Å². The van der Waals surface area contributed by atoms with Crippen LogP contribution in [0.25, 0.3) is 11.1 Å². The molecular formula is C26H30N2O5. The summed E-state index contributed by atoms with van der Waals surface area (Å²) in [6.45, 7) is 1.93. The van der Waals surface area contributed by atoms with Crippen molar-refractivity contribution in [3.8, 4) is 11.1 Å². The summed E-state index contributed by atoms with van der Waals surface area (Å²) in [5.74, 6) is -1.33. The van der Waals surface area contributed by atoms with Gasteiger partial charge < -0.3 is 20.5 Å². The lowest BCUT2D eigenvalue weighted by Crippen LogP contribution is -2.44. The summed E-state index contributed by atoms with van der Waals surface area (Å²) < 4.78 is 5.63. The smallest absolute Gasteiger partial charge is 0.407 e. The summed E-state index contributed by atoms with van der Waals surface area (Å²) in [6.07, 6.45) is 2.28. The highest BCUT2D eigenvalue weighted by molar-refractivity contribution is 5.80. The standard InChI is InChI=1S/C26H30N2O5/c1-16(13-24(29)30)27-25(31)17-7-6-8-18(14-17)28-26(32)33-15-23-21-11-4-2-9-19(21)20-10-3-5-12-22(20)23/h2-5,9-12,16-18,23H,6-8,13-15H2,1H3,(H,27,31)(H,28,32)(H,29,30)/t16?,17-,18-/m1/s1. The number of nitrogens with one attached hydrogen (secondary N) is 2. The Balaban J connectivity index is 1.30. The largest absolute Gasteiger partial charge is 0.481 e. The number of ether oxygens (including phenoxy) is 1. The van der Waals surface area contributed by atoms with Crippen molar-refractivity contribution in [2.24, 2.45) is 5.92 Å². The van der Waals surface area contributed by atoms with E-state index in [4.69, 9.17) is 9.84 Å². The maximum atomic E-state index is 12.6. The van der Waals surface area contributed by atoms with Gasteiger partial charge in [-0.3, -0.25) is 9.59 Å². The molecule has 33 heavy (non-hydrogen) atoms. The molecule has 7 nitrogen and oxygen atoms in total. The third kappa shape index (κ3) is 5.35. The highest BCUT2D eigenvalue weighted by Crippen LogP contribution is 2.44. The molecule has 4 rings (SSSR count). The van der Waals surface area contributed by atoms with Gasteiger partial charge in [0.05, 0.1) is 6.42 Å². The lowest BCUT2D eigenvalue weighted by molar-refractivity contribution is -0.137. The van der Waals surface area contributed by atoms with Gasteiger partial charge >= 0.3 is 12.1 Å². The van der Waals surface area contributed by atoms with Crippen LogP contribution in [-0.4, -0.2) is 41.8 Å². The number of hydrogen-bond acceptors (Lipinski definition) is 4. The number of carboxylic acid groups (broad SMARTS) is 1. The van der Waals surface area contributed by atoms with Crippen molar-refractivity contribution in [1.29, 1.82) is 0 Å². The van der Waals surface area contributed by atoms with Crippen molar-refractivity contribution in [2.75, 3.05) is 6.61 Å². The Bertz CT molecular complexity index is 991. The maximum Gasteiger partial charge on any atom is 0.407 e. The molecule has 0 aliphatic heterocycles. The number of carbonyl (C=O) groups is 3. The van der Waals surface area contributed by atoms with Crippen LogP contribution in [0, 0.1) is 5.92 Å². The molecule has 0 radical (unpaired) electrons. The van der Waals surface area contributed by atoms with Gasteiger partial charge in [-0.25, -0.2) is 4.79 Å². The van der Waals surface area contributed by atoms with Crippen molar-refractivity contribution in [2.45, 2.75) is 57.0 Å². The third-order valence-electron chi connectivity index (χ3n) is 6.58. The predicted molar refractivity (Wildman–Crippen MR) is 124 cm³/mol. The Hall–Kier alpha value is -3.35. The monoisotopic (exact) mass is 450 g/mol. The molecule has 2 amide bonds. The summed E-state index contributed by atoms with van der Waals surface area (Å²) in [6, 6.07) is 15.8. The second kappa shape index (κ2) is 10.1. The zero-order valence-electron chi connectivity index (χ0n) is 18.8. The van der Waals surface area contributed by atoms with Crippen LogP contribution in [0.4, 0.5) is 4.79 Å². The van der Waals surface area contributed by atoms with Crippen LogP contribution in [0.2, 0.25) is 0 Å². The average Bonchev–Trinajstić information content (AvgIpc) is 3.11. The van der Waals surface area contributed by atoms with Crippen molar-refractivity contribution in [1.82, 2.24) is 10.6 Å². The summed E-state index contributed by atoms with van der Waals surface area (Å²) in [5, 5.41) is 14.6. The van der Waals surface area contributed by atoms with E-state index in [2.05, 4.69) is 34.9 Å². The fourth-order valence-electron chi connectivity index (χ4n) is 5.04. The highest BCUT2D eigenvalue weighted by atomic mass is 16.5. The van der Waals surface area contributed by atoms with E-state index >= 15 is 0 Å². The molecule has 0 bridgehead atoms. The van der Waals surface area contributed by atoms with E-state index < -0.39 is 18.1 Å². The molecule has 0 spiro atoms. The summed E-state index contributed by atoms with van der Waals surface area (Å²) in [4.78, 5) is 35.9. The van der Waals surface area contributed by atoms with Crippen molar-refractivity contribution < 1.29 is 24.2 Å². The number of fused-ring (bicyclic) bond motifs is 3. The Kier molecular flexibility index (Phi) is 6.96. The molecule has 2 aliphatic carbocycles. The number of carbonyl (C=O) groups excluding carboxylic acids is 2. The van der Waals surface area contributed by atoms with Crippen molar-refractivity contribution in [3.63, 3.8) is 0 Å². The lowest BCUT2D eigenvalue weighted by Gasteiger charge is -2.29. The Morgan fingerprint density at radius 1 is 1.03 bits per heavy atom. The number of alkyl carbamates (subject to hydrolysis) is 1. The van der Waals surface area contributed by atoms with Gasteiger partial charge in [0.2, 0.25) is 5.91 Å². The van der Waals surface area contributed by atoms with Crippen LogP contribution in [0.3, 0.4) is 0 Å². The zero-order valence-corrected chi connectivity index (χ0v) is 18.8. The molecule has 2 aliphatic rings. The normalized spacial score (nSPS) is 20.3. The molecule has 0 heterocycles. The third-order valence-corrected chi connectivity index (χ3v) is 6.58. The number of aliphatic carboxylic acids is 1. The van der Waals surface area contributed by atoms with E-state index in [9.17, 15) is 14.4 Å². The maximum absolute atomic E-state index is 12.6. The van der Waals surface area contributed by atoms with Crippen LogP contribution in [-0.2, 0) is 14.3 Å². The summed E-state index contributed by atoms with van der Waals surface area (Å²) >= 11 is 0. The molecule has 0 saturated heterocycles. The minimum atomic E-state index is -0.943. The van der Waals surface area contributed by atoms with Gasteiger partial charge in [0.15, 0.2) is 0 Å². The number of hydrogen-bond donors (Lipinski definition) is 3. The lowest BCUT2D eigenvalue weighted by atomic mass is 9.85. The number of amides is 2. The molecule has 1 fully saturated rings. The fourth-order valence-corrected chi connectivity index (χ4v) is 5.04. The molecule has 1 saturated carbocycles. The van der Waals surface area contributed by atoms with Crippen molar-refractivity contribution in [3.05, 3.63) is 59.7 Å². The zero-order chi connectivity index (χ0) is 23.4. The van der Waals surface area contributed by atoms with Gasteiger partial charge in [-0.15, -0.1) is 0 Å². The van der Waals surface area contributed by atoms with Crippen LogP contribution in [0.5, 0.6) is 0 Å². The van der Waals surface area contributed by atoms with E-state index in [1.54, 1.807) is 6.92 Å². The van der Waals surface area contributed by atoms with Gasteiger partial charge in [-0.05, 0) is 48.4 Å². The molecule has 2 aromatic carbocycles.